The third-order valence-electron chi connectivity index (χ3n) is 5.55. The highest BCUT2D eigenvalue weighted by Crippen LogP contribution is 2.38. The predicted octanol–water partition coefficient (Wildman–Crippen LogP) is 0.505. The first-order chi connectivity index (χ1) is 15.1. The molecule has 1 aromatic rings. The van der Waals surface area contributed by atoms with Crippen LogP contribution in [0.3, 0.4) is 0 Å². The van der Waals surface area contributed by atoms with Crippen LogP contribution in [0.15, 0.2) is 17.3 Å². The van der Waals surface area contributed by atoms with Gasteiger partial charge in [-0.05, 0) is 19.4 Å². The number of alkyl halides is 3. The van der Waals surface area contributed by atoms with Gasteiger partial charge in [-0.3, -0.25) is 9.79 Å². The Morgan fingerprint density at radius 2 is 2.06 bits per heavy atom. The van der Waals surface area contributed by atoms with Crippen LogP contribution in [0.5, 0.6) is 0 Å². The first-order valence-electron chi connectivity index (χ1n) is 9.91. The second kappa shape index (κ2) is 9.13. The molecule has 3 rings (SSSR count). The second-order valence-corrected chi connectivity index (χ2v) is 7.72. The number of β-amino-alcohol motifs (C(OH)–C–C–N with tert-alkyl or cyclic N) is 2. The van der Waals surface area contributed by atoms with Crippen molar-refractivity contribution in [3.8, 4) is 6.07 Å². The van der Waals surface area contributed by atoms with E-state index in [0.717, 1.165) is 24.9 Å². The first kappa shape index (κ1) is 23.5. The summed E-state index contributed by atoms with van der Waals surface area (Å²) in [5.74, 6) is -0.535. The van der Waals surface area contributed by atoms with Gasteiger partial charge in [0.25, 0.3) is 0 Å². The van der Waals surface area contributed by atoms with Crippen molar-refractivity contribution in [3.63, 3.8) is 0 Å². The average molecular weight is 452 g/mol. The molecule has 2 fully saturated rings. The molecule has 32 heavy (non-hydrogen) atoms. The second-order valence-electron chi connectivity index (χ2n) is 7.72. The van der Waals surface area contributed by atoms with E-state index in [4.69, 9.17) is 5.73 Å². The molecule has 0 bridgehead atoms. The van der Waals surface area contributed by atoms with E-state index < -0.39 is 35.4 Å². The van der Waals surface area contributed by atoms with Crippen LogP contribution in [0.1, 0.15) is 30.2 Å². The number of nitrogens with zero attached hydrogens (tertiary/aromatic N) is 5. The average Bonchev–Trinajstić information content (AvgIpc) is 3.07. The van der Waals surface area contributed by atoms with Crippen LogP contribution in [0, 0.1) is 11.3 Å². The van der Waals surface area contributed by atoms with E-state index in [0.29, 0.717) is 6.54 Å². The molecule has 2 saturated heterocycles. The predicted molar refractivity (Wildman–Crippen MR) is 109 cm³/mol. The number of aromatic nitrogens is 1. The van der Waals surface area contributed by atoms with E-state index in [-0.39, 0.29) is 42.8 Å². The number of pyridine rings is 1. The van der Waals surface area contributed by atoms with Crippen molar-refractivity contribution in [2.24, 2.45) is 10.7 Å². The van der Waals surface area contributed by atoms with Gasteiger partial charge in [0, 0.05) is 43.7 Å². The Hall–Kier alpha value is -3.17. The fraction of sp³-hybridized carbons (Fsp3) is 0.500. The van der Waals surface area contributed by atoms with Gasteiger partial charge in [-0.25, -0.2) is 4.98 Å². The summed E-state index contributed by atoms with van der Waals surface area (Å²) in [5.41, 5.74) is 3.84. The molecule has 0 spiro atoms. The minimum absolute atomic E-state index is 0.0292. The van der Waals surface area contributed by atoms with Gasteiger partial charge in [0.1, 0.15) is 24.0 Å². The van der Waals surface area contributed by atoms with Crippen molar-refractivity contribution in [2.75, 3.05) is 31.1 Å². The van der Waals surface area contributed by atoms with E-state index in [9.17, 15) is 33.4 Å². The molecule has 2 aliphatic heterocycles. The number of hydrogen-bond donors (Lipinski definition) is 3. The molecule has 3 atom stereocenters. The molecule has 0 saturated carbocycles. The highest BCUT2D eigenvalue weighted by molar-refractivity contribution is 6.09. The van der Waals surface area contributed by atoms with Gasteiger partial charge in [-0.15, -0.1) is 0 Å². The van der Waals surface area contributed by atoms with Gasteiger partial charge in [-0.1, -0.05) is 0 Å². The molecule has 0 unspecified atom stereocenters. The largest absolute Gasteiger partial charge is 0.417 e. The highest BCUT2D eigenvalue weighted by Gasteiger charge is 2.39. The lowest BCUT2D eigenvalue weighted by Gasteiger charge is -2.40. The van der Waals surface area contributed by atoms with E-state index in [2.05, 4.69) is 9.98 Å². The molecule has 0 radical (unpaired) electrons. The number of likely N-dealkylation sites (tertiary alicyclic amines) is 1. The number of carbonyl (C=O) groups is 1. The number of aliphatic hydroxyl groups excluding tert-OH is 2. The Morgan fingerprint density at radius 1 is 1.41 bits per heavy atom. The number of halogens is 3. The van der Waals surface area contributed by atoms with Crippen LogP contribution in [0.2, 0.25) is 0 Å². The summed E-state index contributed by atoms with van der Waals surface area (Å²) in [6.45, 7) is 1.89. The molecule has 1 amide bonds. The normalized spacial score (nSPS) is 24.0. The van der Waals surface area contributed by atoms with E-state index >= 15 is 0 Å². The Bertz CT molecular complexity index is 978. The third kappa shape index (κ3) is 4.68. The van der Waals surface area contributed by atoms with Crippen molar-refractivity contribution < 1.29 is 28.2 Å². The number of aliphatic hydroxyl groups is 2. The summed E-state index contributed by atoms with van der Waals surface area (Å²) in [5, 5.41) is 28.5. The lowest BCUT2D eigenvalue weighted by Crippen LogP contribution is -2.47. The van der Waals surface area contributed by atoms with Crippen LogP contribution < -0.4 is 10.6 Å². The summed E-state index contributed by atoms with van der Waals surface area (Å²) in [7, 11) is 0. The molecular weight excluding hydrogens is 429 g/mol. The van der Waals surface area contributed by atoms with Gasteiger partial charge in [0.15, 0.2) is 0 Å². The van der Waals surface area contributed by atoms with Gasteiger partial charge in [-0.2, -0.15) is 18.4 Å². The Balaban J connectivity index is 1.88. The Labute approximate surface area is 182 Å². The number of nitrogens with two attached hydrogens (primary N) is 1. The first-order valence-corrected chi connectivity index (χ1v) is 9.91. The Kier molecular flexibility index (Phi) is 6.71. The topological polar surface area (TPSA) is 139 Å². The summed E-state index contributed by atoms with van der Waals surface area (Å²) >= 11 is 0. The summed E-state index contributed by atoms with van der Waals surface area (Å²) < 4.78 is 41.0. The minimum atomic E-state index is -4.78. The number of rotatable bonds is 5. The van der Waals surface area contributed by atoms with Crippen LogP contribution in [-0.2, 0) is 11.0 Å². The molecule has 4 N–H and O–H groups in total. The monoisotopic (exact) mass is 452 g/mol. The van der Waals surface area contributed by atoms with E-state index in [1.807, 2.05) is 6.92 Å². The molecular formula is C20H23F3N6O3. The molecule has 1 aromatic heterocycles. The fourth-order valence-corrected chi connectivity index (χ4v) is 3.54. The van der Waals surface area contributed by atoms with Gasteiger partial charge >= 0.3 is 6.18 Å². The van der Waals surface area contributed by atoms with Crippen molar-refractivity contribution in [2.45, 2.75) is 37.8 Å². The number of allylic oxidation sites excluding steroid dienone is 1. The maximum Gasteiger partial charge on any atom is 0.417 e. The SMILES string of the molecule is C[C@H]1CCN1c1nc(C(C=NCC(=O)N2C[C@@H](O)[C@H](O)C2)=CN)cc(C(F)(F)F)c1C#N. The quantitative estimate of drug-likeness (QED) is 0.553. The number of aliphatic imine (C=N–C) groups is 1. The zero-order valence-corrected chi connectivity index (χ0v) is 17.2. The number of carbonyl (C=O) groups excluding carboxylic acids is 1. The molecule has 2 aliphatic rings. The molecule has 9 nitrogen and oxygen atoms in total. The fourth-order valence-electron chi connectivity index (χ4n) is 3.54. The lowest BCUT2D eigenvalue weighted by molar-refractivity contribution is -0.137. The maximum absolute atomic E-state index is 13.7. The third-order valence-corrected chi connectivity index (χ3v) is 5.55. The van der Waals surface area contributed by atoms with Gasteiger partial charge < -0.3 is 25.7 Å². The number of amides is 1. The Morgan fingerprint density at radius 3 is 2.53 bits per heavy atom. The smallest absolute Gasteiger partial charge is 0.404 e. The van der Waals surface area contributed by atoms with E-state index in [1.54, 1.807) is 11.0 Å². The standard InChI is InChI=1S/C20H23F3N6O3/c1-11-2-3-29(11)19-13(6-25)14(20(21,22)23)4-15(27-19)12(5-24)7-26-8-18(32)28-9-16(30)17(31)10-28/h4-5,7,11,16-17,30-31H,2-3,8-10,24H2,1H3/t11-,16+,17+/m0/s1. The zero-order valence-electron chi connectivity index (χ0n) is 17.2. The van der Waals surface area contributed by atoms with Crippen molar-refractivity contribution in [3.05, 3.63) is 29.1 Å². The van der Waals surface area contributed by atoms with Gasteiger partial charge in [0.05, 0.1) is 23.5 Å². The minimum Gasteiger partial charge on any atom is -0.404 e. The lowest BCUT2D eigenvalue weighted by atomic mass is 10.00. The zero-order chi connectivity index (χ0) is 23.6. The van der Waals surface area contributed by atoms with Crippen LogP contribution in [0.25, 0.3) is 5.57 Å². The maximum atomic E-state index is 13.7. The molecule has 3 heterocycles. The highest BCUT2D eigenvalue weighted by atomic mass is 19.4. The molecule has 0 aromatic carbocycles. The summed E-state index contributed by atoms with van der Waals surface area (Å²) in [6.07, 6.45) is -3.92. The van der Waals surface area contributed by atoms with Gasteiger partial charge in [0.2, 0.25) is 5.91 Å². The summed E-state index contributed by atoms with van der Waals surface area (Å²) in [4.78, 5) is 23.2. The van der Waals surface area contributed by atoms with E-state index in [1.165, 1.54) is 4.90 Å². The van der Waals surface area contributed by atoms with Crippen molar-refractivity contribution >= 4 is 23.5 Å². The van der Waals surface area contributed by atoms with Crippen LogP contribution in [0.4, 0.5) is 19.0 Å². The van der Waals surface area contributed by atoms with Crippen molar-refractivity contribution in [1.82, 2.24) is 9.88 Å². The summed E-state index contributed by atoms with van der Waals surface area (Å²) in [6, 6.07) is 2.30. The van der Waals surface area contributed by atoms with Crippen LogP contribution >= 0.6 is 0 Å². The number of anilines is 1. The number of hydrogen-bond acceptors (Lipinski definition) is 8. The molecule has 12 heteroatoms. The molecule has 0 aliphatic carbocycles. The van der Waals surface area contributed by atoms with Crippen LogP contribution in [-0.4, -0.2) is 76.6 Å². The molecule has 172 valence electrons. The van der Waals surface area contributed by atoms with Crippen molar-refractivity contribution in [1.29, 1.82) is 5.26 Å². The number of nitriles is 1.